The molecule has 134 valence electrons. The topological polar surface area (TPSA) is 71.2 Å². The zero-order valence-electron chi connectivity index (χ0n) is 14.9. The first kappa shape index (κ1) is 17.5. The molecule has 1 saturated carbocycles. The molecule has 0 spiro atoms. The van der Waals surface area contributed by atoms with Crippen LogP contribution in [0, 0.1) is 5.92 Å². The third kappa shape index (κ3) is 4.03. The molecule has 1 aliphatic carbocycles. The van der Waals surface area contributed by atoms with E-state index < -0.39 is 0 Å². The maximum atomic E-state index is 12.5. The van der Waals surface area contributed by atoms with Crippen LogP contribution in [0.25, 0.3) is 10.9 Å². The van der Waals surface area contributed by atoms with Gasteiger partial charge in [-0.2, -0.15) is 0 Å². The first-order chi connectivity index (χ1) is 12.1. The van der Waals surface area contributed by atoms with Crippen LogP contribution in [0.3, 0.4) is 0 Å². The summed E-state index contributed by atoms with van der Waals surface area (Å²) in [5.41, 5.74) is 1.86. The van der Waals surface area contributed by atoms with Gasteiger partial charge in [-0.15, -0.1) is 0 Å². The van der Waals surface area contributed by atoms with Crippen LogP contribution in [0.5, 0.6) is 0 Å². The fourth-order valence-corrected chi connectivity index (χ4v) is 3.58. The molecule has 0 atom stereocenters. The minimum atomic E-state index is -0.377. The van der Waals surface area contributed by atoms with Crippen molar-refractivity contribution in [2.24, 2.45) is 5.92 Å². The number of hydrogen-bond donors (Lipinski definition) is 2. The lowest BCUT2D eigenvalue weighted by molar-refractivity contribution is 0.0520. The quantitative estimate of drug-likeness (QED) is 0.806. The molecule has 3 rings (SSSR count). The minimum absolute atomic E-state index is 0.0410. The summed E-state index contributed by atoms with van der Waals surface area (Å²) >= 11 is 0. The van der Waals surface area contributed by atoms with Crippen molar-refractivity contribution >= 4 is 22.8 Å². The van der Waals surface area contributed by atoms with Gasteiger partial charge in [0.15, 0.2) is 0 Å². The third-order valence-electron chi connectivity index (χ3n) is 5.14. The van der Waals surface area contributed by atoms with Gasteiger partial charge >= 0.3 is 5.97 Å². The summed E-state index contributed by atoms with van der Waals surface area (Å²) in [5, 5.41) is 3.99. The Morgan fingerprint density at radius 2 is 1.92 bits per heavy atom. The van der Waals surface area contributed by atoms with Gasteiger partial charge in [0.2, 0.25) is 0 Å². The molecule has 0 aliphatic heterocycles. The second kappa shape index (κ2) is 7.72. The summed E-state index contributed by atoms with van der Waals surface area (Å²) in [7, 11) is 0. The molecule has 1 aromatic carbocycles. The Hall–Kier alpha value is -2.30. The smallest absolute Gasteiger partial charge is 0.354 e. The van der Waals surface area contributed by atoms with Gasteiger partial charge in [-0.3, -0.25) is 4.79 Å². The van der Waals surface area contributed by atoms with Gasteiger partial charge in [-0.25, -0.2) is 4.79 Å². The summed E-state index contributed by atoms with van der Waals surface area (Å²) in [6, 6.07) is 7.45. The fraction of sp³-hybridized carbons (Fsp3) is 0.500. The highest BCUT2D eigenvalue weighted by Gasteiger charge is 2.22. The number of aromatic amines is 1. The van der Waals surface area contributed by atoms with Crippen LogP contribution in [-0.2, 0) is 4.74 Å². The average Bonchev–Trinajstić information content (AvgIpc) is 3.06. The zero-order chi connectivity index (χ0) is 17.8. The van der Waals surface area contributed by atoms with Crippen molar-refractivity contribution in [3.8, 4) is 0 Å². The molecule has 1 heterocycles. The van der Waals surface area contributed by atoms with Crippen LogP contribution in [-0.4, -0.2) is 29.5 Å². The number of fused-ring (bicyclic) bond motifs is 1. The Morgan fingerprint density at radius 1 is 1.16 bits per heavy atom. The average molecular weight is 342 g/mol. The molecule has 1 aromatic heterocycles. The van der Waals surface area contributed by atoms with E-state index in [4.69, 9.17) is 4.74 Å². The number of H-pyrrole nitrogens is 1. The molecular weight excluding hydrogens is 316 g/mol. The lowest BCUT2D eigenvalue weighted by Gasteiger charge is -2.28. The summed E-state index contributed by atoms with van der Waals surface area (Å²) in [6.45, 7) is 4.35. The second-order valence-corrected chi connectivity index (χ2v) is 6.80. The van der Waals surface area contributed by atoms with E-state index >= 15 is 0 Å². The Kier molecular flexibility index (Phi) is 5.41. The van der Waals surface area contributed by atoms with Crippen LogP contribution in [0.15, 0.2) is 24.3 Å². The maximum Gasteiger partial charge on any atom is 0.354 e. The van der Waals surface area contributed by atoms with Crippen molar-refractivity contribution in [1.82, 2.24) is 10.3 Å². The number of carbonyl (C=O) groups is 2. The Balaban J connectivity index is 1.68. The van der Waals surface area contributed by atoms with Gasteiger partial charge in [0.1, 0.15) is 5.69 Å². The van der Waals surface area contributed by atoms with Gasteiger partial charge in [-0.05, 0) is 62.8 Å². The lowest BCUT2D eigenvalue weighted by atomic mass is 9.84. The molecule has 1 amide bonds. The fourth-order valence-electron chi connectivity index (χ4n) is 3.58. The van der Waals surface area contributed by atoms with Gasteiger partial charge in [-0.1, -0.05) is 13.3 Å². The molecule has 0 unspecified atom stereocenters. The van der Waals surface area contributed by atoms with Crippen molar-refractivity contribution in [2.45, 2.75) is 52.0 Å². The van der Waals surface area contributed by atoms with E-state index in [1.54, 1.807) is 19.1 Å². The van der Waals surface area contributed by atoms with Gasteiger partial charge < -0.3 is 15.0 Å². The second-order valence-electron chi connectivity index (χ2n) is 6.80. The molecule has 5 nitrogen and oxygen atoms in total. The van der Waals surface area contributed by atoms with E-state index in [9.17, 15) is 9.59 Å². The van der Waals surface area contributed by atoms with E-state index in [1.807, 2.05) is 12.1 Å². The zero-order valence-corrected chi connectivity index (χ0v) is 14.9. The molecule has 1 aliphatic rings. The number of nitrogens with one attached hydrogen (secondary N) is 2. The summed E-state index contributed by atoms with van der Waals surface area (Å²) in [5.74, 6) is 0.392. The van der Waals surface area contributed by atoms with Crippen LogP contribution in [0.1, 0.15) is 66.8 Å². The highest BCUT2D eigenvalue weighted by Crippen LogP contribution is 2.27. The Labute approximate surface area is 148 Å². The third-order valence-corrected chi connectivity index (χ3v) is 5.14. The van der Waals surface area contributed by atoms with Crippen molar-refractivity contribution in [1.29, 1.82) is 0 Å². The van der Waals surface area contributed by atoms with Crippen molar-refractivity contribution in [3.63, 3.8) is 0 Å². The number of hydrogen-bond acceptors (Lipinski definition) is 3. The van der Waals surface area contributed by atoms with E-state index in [0.717, 1.165) is 29.7 Å². The summed E-state index contributed by atoms with van der Waals surface area (Å²) < 4.78 is 5.00. The Morgan fingerprint density at radius 3 is 2.60 bits per heavy atom. The van der Waals surface area contributed by atoms with Crippen LogP contribution in [0.2, 0.25) is 0 Å². The lowest BCUT2D eigenvalue weighted by Crippen LogP contribution is -2.37. The SMILES string of the molecule is CCOC(=O)c1cc2cc(C(=O)NC3CCC(CC)CC3)ccc2[nH]1. The summed E-state index contributed by atoms with van der Waals surface area (Å²) in [6.07, 6.45) is 5.74. The molecule has 2 N–H and O–H groups in total. The number of benzene rings is 1. The van der Waals surface area contributed by atoms with Gasteiger partial charge in [0.25, 0.3) is 5.91 Å². The highest BCUT2D eigenvalue weighted by atomic mass is 16.5. The molecule has 2 aromatic rings. The van der Waals surface area contributed by atoms with E-state index in [2.05, 4.69) is 17.2 Å². The van der Waals surface area contributed by atoms with Crippen molar-refractivity contribution < 1.29 is 14.3 Å². The number of rotatable bonds is 5. The van der Waals surface area contributed by atoms with Crippen LogP contribution in [0.4, 0.5) is 0 Å². The molecular formula is C20H26N2O3. The highest BCUT2D eigenvalue weighted by molar-refractivity contribution is 6.00. The minimum Gasteiger partial charge on any atom is -0.461 e. The number of carbonyl (C=O) groups excluding carboxylic acids is 2. The number of amides is 1. The first-order valence-corrected chi connectivity index (χ1v) is 9.21. The predicted molar refractivity (Wildman–Crippen MR) is 97.8 cm³/mol. The largest absolute Gasteiger partial charge is 0.461 e. The number of ether oxygens (including phenoxy) is 1. The van der Waals surface area contributed by atoms with E-state index in [-0.39, 0.29) is 17.9 Å². The van der Waals surface area contributed by atoms with Gasteiger partial charge in [0.05, 0.1) is 6.61 Å². The van der Waals surface area contributed by atoms with Crippen molar-refractivity contribution in [3.05, 3.63) is 35.5 Å². The van der Waals surface area contributed by atoms with Crippen molar-refractivity contribution in [2.75, 3.05) is 6.61 Å². The predicted octanol–water partition coefficient (Wildman–Crippen LogP) is 4.04. The van der Waals surface area contributed by atoms with Crippen LogP contribution >= 0.6 is 0 Å². The molecule has 5 heteroatoms. The summed E-state index contributed by atoms with van der Waals surface area (Å²) in [4.78, 5) is 27.4. The van der Waals surface area contributed by atoms with Gasteiger partial charge in [0, 0.05) is 22.5 Å². The Bertz CT molecular complexity index is 757. The molecule has 0 radical (unpaired) electrons. The normalized spacial score (nSPS) is 20.4. The molecule has 0 bridgehead atoms. The number of aromatic nitrogens is 1. The molecule has 1 fully saturated rings. The first-order valence-electron chi connectivity index (χ1n) is 9.21. The van der Waals surface area contributed by atoms with Crippen LogP contribution < -0.4 is 5.32 Å². The monoisotopic (exact) mass is 342 g/mol. The standard InChI is InChI=1S/C20H26N2O3/c1-3-13-5-8-16(9-6-13)21-19(23)14-7-10-17-15(11-14)12-18(22-17)20(24)25-4-2/h7,10-13,16,22H,3-6,8-9H2,1-2H3,(H,21,23). The molecule has 0 saturated heterocycles. The molecule has 25 heavy (non-hydrogen) atoms. The van der Waals surface area contributed by atoms with E-state index in [0.29, 0.717) is 17.9 Å². The van der Waals surface area contributed by atoms with E-state index in [1.165, 1.54) is 19.3 Å². The number of esters is 1. The maximum absolute atomic E-state index is 12.5.